The first-order chi connectivity index (χ1) is 8.71. The molecule has 0 aliphatic heterocycles. The molecule has 18 heavy (non-hydrogen) atoms. The lowest BCUT2D eigenvalue weighted by molar-refractivity contribution is 0.325. The van der Waals surface area contributed by atoms with Crippen LogP contribution in [0, 0.1) is 5.92 Å². The third kappa shape index (κ3) is 4.57. The van der Waals surface area contributed by atoms with Gasteiger partial charge in [-0.3, -0.25) is 0 Å². The lowest BCUT2D eigenvalue weighted by atomic mass is 9.97. The molecule has 1 aromatic rings. The Morgan fingerprint density at radius 3 is 2.50 bits per heavy atom. The Kier molecular flexibility index (Phi) is 6.58. The molecule has 0 spiro atoms. The summed E-state index contributed by atoms with van der Waals surface area (Å²) in [6.07, 6.45) is 2.01. The summed E-state index contributed by atoms with van der Waals surface area (Å²) in [6, 6.07) is 6.05. The summed E-state index contributed by atoms with van der Waals surface area (Å²) in [5.74, 6) is 2.44. The summed E-state index contributed by atoms with van der Waals surface area (Å²) in [5.41, 5.74) is 6.81. The van der Waals surface area contributed by atoms with Crippen molar-refractivity contribution >= 4 is 0 Å². The Morgan fingerprint density at radius 1 is 1.17 bits per heavy atom. The van der Waals surface area contributed by atoms with Crippen LogP contribution in [0.3, 0.4) is 0 Å². The highest BCUT2D eigenvalue weighted by Crippen LogP contribution is 2.27. The maximum absolute atomic E-state index is 5.66. The highest BCUT2D eigenvalue weighted by Gasteiger charge is 2.10. The van der Waals surface area contributed by atoms with E-state index in [1.54, 1.807) is 0 Å². The van der Waals surface area contributed by atoms with Crippen molar-refractivity contribution < 1.29 is 9.47 Å². The van der Waals surface area contributed by atoms with Crippen LogP contribution >= 0.6 is 0 Å². The minimum Gasteiger partial charge on any atom is -0.494 e. The Balaban J connectivity index is 2.84. The van der Waals surface area contributed by atoms with E-state index in [-0.39, 0.29) is 0 Å². The molecule has 3 nitrogen and oxygen atoms in total. The maximum atomic E-state index is 5.66. The first-order valence-corrected chi connectivity index (χ1v) is 6.79. The van der Waals surface area contributed by atoms with E-state index in [0.717, 1.165) is 30.9 Å². The fourth-order valence-electron chi connectivity index (χ4n) is 2.03. The molecule has 0 saturated heterocycles. The van der Waals surface area contributed by atoms with Crippen LogP contribution in [0.5, 0.6) is 11.5 Å². The van der Waals surface area contributed by atoms with Crippen LogP contribution in [-0.4, -0.2) is 19.8 Å². The molecule has 0 radical (unpaired) electrons. The quantitative estimate of drug-likeness (QED) is 0.772. The van der Waals surface area contributed by atoms with Gasteiger partial charge in [0.1, 0.15) is 11.5 Å². The van der Waals surface area contributed by atoms with E-state index in [4.69, 9.17) is 15.2 Å². The van der Waals surface area contributed by atoms with Crippen LogP contribution in [0.4, 0.5) is 0 Å². The van der Waals surface area contributed by atoms with Crippen LogP contribution in [-0.2, 0) is 6.42 Å². The second kappa shape index (κ2) is 7.98. The van der Waals surface area contributed by atoms with Crippen LogP contribution in [0.2, 0.25) is 0 Å². The Bertz CT molecular complexity index is 352. The van der Waals surface area contributed by atoms with Crippen molar-refractivity contribution in [3.63, 3.8) is 0 Å². The SMILES string of the molecule is CCOc1ccc(OCC)c(CC(C)CCN)c1. The third-order valence-electron chi connectivity index (χ3n) is 2.87. The zero-order valence-corrected chi connectivity index (χ0v) is 11.7. The van der Waals surface area contributed by atoms with Gasteiger partial charge in [0.15, 0.2) is 0 Å². The summed E-state index contributed by atoms with van der Waals surface area (Å²) < 4.78 is 11.2. The molecule has 0 bridgehead atoms. The number of benzene rings is 1. The molecule has 2 N–H and O–H groups in total. The normalized spacial score (nSPS) is 12.2. The second-order valence-corrected chi connectivity index (χ2v) is 4.52. The minimum atomic E-state index is 0.561. The highest BCUT2D eigenvalue weighted by atomic mass is 16.5. The predicted octanol–water partition coefficient (Wildman–Crippen LogP) is 3.01. The van der Waals surface area contributed by atoms with E-state index in [0.29, 0.717) is 19.1 Å². The molecule has 0 aliphatic carbocycles. The number of ether oxygens (including phenoxy) is 2. The number of hydrogen-bond acceptors (Lipinski definition) is 3. The summed E-state index contributed by atoms with van der Waals surface area (Å²) >= 11 is 0. The van der Waals surface area contributed by atoms with E-state index in [1.807, 2.05) is 26.0 Å². The van der Waals surface area contributed by atoms with Gasteiger partial charge in [-0.2, -0.15) is 0 Å². The number of hydrogen-bond donors (Lipinski definition) is 1. The average molecular weight is 251 g/mol. The van der Waals surface area contributed by atoms with E-state index < -0.39 is 0 Å². The van der Waals surface area contributed by atoms with Gasteiger partial charge in [0.25, 0.3) is 0 Å². The van der Waals surface area contributed by atoms with Crippen LogP contribution < -0.4 is 15.2 Å². The Labute approximate surface area is 110 Å². The van der Waals surface area contributed by atoms with E-state index in [2.05, 4.69) is 13.0 Å². The molecular weight excluding hydrogens is 226 g/mol. The first-order valence-electron chi connectivity index (χ1n) is 6.79. The molecule has 0 amide bonds. The molecule has 1 unspecified atom stereocenters. The highest BCUT2D eigenvalue weighted by molar-refractivity contribution is 5.40. The van der Waals surface area contributed by atoms with Crippen LogP contribution in [0.15, 0.2) is 18.2 Å². The lowest BCUT2D eigenvalue weighted by Gasteiger charge is -2.15. The summed E-state index contributed by atoms with van der Waals surface area (Å²) in [6.45, 7) is 8.32. The monoisotopic (exact) mass is 251 g/mol. The van der Waals surface area contributed by atoms with Gasteiger partial charge in [-0.25, -0.2) is 0 Å². The van der Waals surface area contributed by atoms with Gasteiger partial charge in [-0.15, -0.1) is 0 Å². The number of nitrogens with two attached hydrogens (primary N) is 1. The van der Waals surface area contributed by atoms with Crippen molar-refractivity contribution in [2.75, 3.05) is 19.8 Å². The molecular formula is C15H25NO2. The van der Waals surface area contributed by atoms with Crippen molar-refractivity contribution in [3.8, 4) is 11.5 Å². The largest absolute Gasteiger partial charge is 0.494 e. The standard InChI is InChI=1S/C15H25NO2/c1-4-17-14-6-7-15(18-5-2)13(11-14)10-12(3)8-9-16/h6-7,11-12H,4-5,8-10,16H2,1-3H3. The fraction of sp³-hybridized carbons (Fsp3) is 0.600. The summed E-state index contributed by atoms with van der Waals surface area (Å²) in [5, 5.41) is 0. The summed E-state index contributed by atoms with van der Waals surface area (Å²) in [4.78, 5) is 0. The first kappa shape index (κ1) is 14.8. The zero-order valence-electron chi connectivity index (χ0n) is 11.7. The second-order valence-electron chi connectivity index (χ2n) is 4.52. The van der Waals surface area contributed by atoms with Gasteiger partial charge in [0.2, 0.25) is 0 Å². The van der Waals surface area contributed by atoms with E-state index in [9.17, 15) is 0 Å². The van der Waals surface area contributed by atoms with Gasteiger partial charge in [0, 0.05) is 0 Å². The average Bonchev–Trinajstić information content (AvgIpc) is 2.33. The minimum absolute atomic E-state index is 0.561. The molecule has 0 fully saturated rings. The molecule has 1 aromatic carbocycles. The van der Waals surface area contributed by atoms with Crippen LogP contribution in [0.25, 0.3) is 0 Å². The molecule has 0 aliphatic rings. The summed E-state index contributed by atoms with van der Waals surface area (Å²) in [7, 11) is 0. The maximum Gasteiger partial charge on any atom is 0.122 e. The van der Waals surface area contributed by atoms with Gasteiger partial charge in [0.05, 0.1) is 13.2 Å². The molecule has 3 heteroatoms. The van der Waals surface area contributed by atoms with Gasteiger partial charge >= 0.3 is 0 Å². The third-order valence-corrected chi connectivity index (χ3v) is 2.87. The number of rotatable bonds is 8. The predicted molar refractivity (Wildman–Crippen MR) is 75.3 cm³/mol. The molecule has 1 rings (SSSR count). The lowest BCUT2D eigenvalue weighted by Crippen LogP contribution is -2.09. The Hall–Kier alpha value is -1.22. The van der Waals surface area contributed by atoms with E-state index in [1.165, 1.54) is 5.56 Å². The molecule has 0 saturated carbocycles. The molecule has 1 atom stereocenters. The fourth-order valence-corrected chi connectivity index (χ4v) is 2.03. The van der Waals surface area contributed by atoms with Crippen molar-refractivity contribution in [1.82, 2.24) is 0 Å². The van der Waals surface area contributed by atoms with Crippen LogP contribution in [0.1, 0.15) is 32.8 Å². The van der Waals surface area contributed by atoms with Crippen molar-refractivity contribution in [2.45, 2.75) is 33.6 Å². The van der Waals surface area contributed by atoms with Crippen molar-refractivity contribution in [3.05, 3.63) is 23.8 Å². The van der Waals surface area contributed by atoms with Crippen molar-refractivity contribution in [1.29, 1.82) is 0 Å². The Morgan fingerprint density at radius 2 is 1.89 bits per heavy atom. The topological polar surface area (TPSA) is 44.5 Å². The van der Waals surface area contributed by atoms with Gasteiger partial charge in [-0.1, -0.05) is 6.92 Å². The molecule has 0 aromatic heterocycles. The smallest absolute Gasteiger partial charge is 0.122 e. The van der Waals surface area contributed by atoms with Gasteiger partial charge in [-0.05, 0) is 62.9 Å². The van der Waals surface area contributed by atoms with E-state index >= 15 is 0 Å². The zero-order chi connectivity index (χ0) is 13.4. The molecule has 0 heterocycles. The molecule has 102 valence electrons. The van der Waals surface area contributed by atoms with Gasteiger partial charge < -0.3 is 15.2 Å². The van der Waals surface area contributed by atoms with Crippen molar-refractivity contribution in [2.24, 2.45) is 11.7 Å².